The average Bonchev–Trinajstić information content (AvgIpc) is 2.97. The van der Waals surface area contributed by atoms with E-state index in [1.807, 2.05) is 18.2 Å². The minimum absolute atomic E-state index is 0.547. The summed E-state index contributed by atoms with van der Waals surface area (Å²) < 4.78 is 10.5. The Morgan fingerprint density at radius 3 is 2.63 bits per heavy atom. The highest BCUT2D eigenvalue weighted by Crippen LogP contribution is 2.29. The van der Waals surface area contributed by atoms with Crippen LogP contribution in [0.15, 0.2) is 18.2 Å². The van der Waals surface area contributed by atoms with Crippen LogP contribution in [0.2, 0.25) is 0 Å². The summed E-state index contributed by atoms with van der Waals surface area (Å²) in [6.45, 7) is 0.550. The van der Waals surface area contributed by atoms with Crippen LogP contribution in [0.25, 0.3) is 0 Å². The van der Waals surface area contributed by atoms with Gasteiger partial charge in [0.2, 0.25) is 0 Å². The second-order valence-corrected chi connectivity index (χ2v) is 5.01. The van der Waals surface area contributed by atoms with Crippen LogP contribution in [-0.2, 0) is 0 Å². The standard InChI is InChI=1S/C15H23NO3/c1-18-12-7-8-15(19-2)13(9-12)14(17)10-16-11-5-3-4-6-11/h7-9,11,14,16-17H,3-6,10H2,1-2H3. The third kappa shape index (κ3) is 3.61. The zero-order valence-corrected chi connectivity index (χ0v) is 11.7. The topological polar surface area (TPSA) is 50.7 Å². The van der Waals surface area contributed by atoms with Crippen molar-refractivity contribution in [3.8, 4) is 11.5 Å². The molecule has 106 valence electrons. The van der Waals surface area contributed by atoms with Crippen molar-refractivity contribution in [1.29, 1.82) is 0 Å². The highest BCUT2D eigenvalue weighted by Gasteiger charge is 2.18. The summed E-state index contributed by atoms with van der Waals surface area (Å²) in [5.41, 5.74) is 0.771. The van der Waals surface area contributed by atoms with Gasteiger partial charge in [-0.05, 0) is 31.0 Å². The Morgan fingerprint density at radius 1 is 1.26 bits per heavy atom. The third-order valence-electron chi connectivity index (χ3n) is 3.75. The molecule has 1 aromatic carbocycles. The molecule has 1 aliphatic rings. The number of aliphatic hydroxyl groups excluding tert-OH is 1. The molecule has 0 radical (unpaired) electrons. The van der Waals surface area contributed by atoms with Gasteiger partial charge in [-0.2, -0.15) is 0 Å². The zero-order valence-electron chi connectivity index (χ0n) is 11.7. The molecule has 0 aliphatic heterocycles. The molecule has 2 N–H and O–H groups in total. The van der Waals surface area contributed by atoms with Crippen LogP contribution >= 0.6 is 0 Å². The van der Waals surface area contributed by atoms with Gasteiger partial charge in [0.05, 0.1) is 20.3 Å². The maximum absolute atomic E-state index is 10.3. The monoisotopic (exact) mass is 265 g/mol. The molecule has 0 aromatic heterocycles. The van der Waals surface area contributed by atoms with E-state index in [0.29, 0.717) is 18.3 Å². The molecular weight excluding hydrogens is 242 g/mol. The van der Waals surface area contributed by atoms with E-state index < -0.39 is 6.10 Å². The van der Waals surface area contributed by atoms with Crippen molar-refractivity contribution >= 4 is 0 Å². The van der Waals surface area contributed by atoms with E-state index in [-0.39, 0.29) is 0 Å². The van der Waals surface area contributed by atoms with Gasteiger partial charge in [0, 0.05) is 18.2 Å². The first-order valence-electron chi connectivity index (χ1n) is 6.88. The van der Waals surface area contributed by atoms with Gasteiger partial charge in [-0.3, -0.25) is 0 Å². The van der Waals surface area contributed by atoms with E-state index >= 15 is 0 Å². The Hall–Kier alpha value is -1.26. The van der Waals surface area contributed by atoms with Gasteiger partial charge in [-0.15, -0.1) is 0 Å². The summed E-state index contributed by atoms with van der Waals surface area (Å²) in [4.78, 5) is 0. The van der Waals surface area contributed by atoms with Gasteiger partial charge in [0.25, 0.3) is 0 Å². The first-order valence-corrected chi connectivity index (χ1v) is 6.88. The Morgan fingerprint density at radius 2 is 2.00 bits per heavy atom. The summed E-state index contributed by atoms with van der Waals surface area (Å²) in [6, 6.07) is 6.04. The quantitative estimate of drug-likeness (QED) is 0.828. The second-order valence-electron chi connectivity index (χ2n) is 5.01. The molecule has 2 rings (SSSR count). The molecule has 1 atom stereocenters. The van der Waals surface area contributed by atoms with Crippen LogP contribution < -0.4 is 14.8 Å². The van der Waals surface area contributed by atoms with E-state index in [2.05, 4.69) is 5.32 Å². The molecule has 0 bridgehead atoms. The summed E-state index contributed by atoms with van der Waals surface area (Å²) in [6.07, 6.45) is 4.42. The number of hydrogen-bond acceptors (Lipinski definition) is 4. The van der Waals surface area contributed by atoms with E-state index in [4.69, 9.17) is 9.47 Å². The van der Waals surface area contributed by atoms with Gasteiger partial charge in [0.1, 0.15) is 11.5 Å². The highest BCUT2D eigenvalue weighted by atomic mass is 16.5. The van der Waals surface area contributed by atoms with E-state index in [1.165, 1.54) is 25.7 Å². The lowest BCUT2D eigenvalue weighted by atomic mass is 10.1. The second kappa shape index (κ2) is 6.78. The summed E-state index contributed by atoms with van der Waals surface area (Å²) in [7, 11) is 3.23. The average molecular weight is 265 g/mol. The molecule has 1 fully saturated rings. The van der Waals surface area contributed by atoms with Crippen LogP contribution in [0, 0.1) is 0 Å². The SMILES string of the molecule is COc1ccc(OC)c(C(O)CNC2CCCC2)c1. The molecule has 0 spiro atoms. The fraction of sp³-hybridized carbons (Fsp3) is 0.600. The summed E-state index contributed by atoms with van der Waals surface area (Å²) >= 11 is 0. The third-order valence-corrected chi connectivity index (χ3v) is 3.75. The smallest absolute Gasteiger partial charge is 0.124 e. The number of ether oxygens (including phenoxy) is 2. The maximum atomic E-state index is 10.3. The Bertz CT molecular complexity index is 402. The normalized spacial score (nSPS) is 17.4. The van der Waals surface area contributed by atoms with Crippen molar-refractivity contribution < 1.29 is 14.6 Å². The Labute approximate surface area is 114 Å². The molecule has 1 aromatic rings. The molecule has 1 saturated carbocycles. The maximum Gasteiger partial charge on any atom is 0.124 e. The molecule has 0 amide bonds. The minimum atomic E-state index is -0.578. The lowest BCUT2D eigenvalue weighted by Gasteiger charge is -2.19. The van der Waals surface area contributed by atoms with Crippen molar-refractivity contribution in [1.82, 2.24) is 5.32 Å². The molecule has 0 heterocycles. The molecule has 1 unspecified atom stereocenters. The summed E-state index contributed by atoms with van der Waals surface area (Å²) in [5, 5.41) is 13.7. The summed E-state index contributed by atoms with van der Waals surface area (Å²) in [5.74, 6) is 1.43. The van der Waals surface area contributed by atoms with E-state index in [9.17, 15) is 5.11 Å². The van der Waals surface area contributed by atoms with Crippen LogP contribution in [0.4, 0.5) is 0 Å². The first-order chi connectivity index (χ1) is 9.24. The number of nitrogens with one attached hydrogen (secondary N) is 1. The van der Waals surface area contributed by atoms with Crippen molar-refractivity contribution in [2.45, 2.75) is 37.8 Å². The fourth-order valence-corrected chi connectivity index (χ4v) is 2.62. The van der Waals surface area contributed by atoms with Crippen molar-refractivity contribution in [2.75, 3.05) is 20.8 Å². The van der Waals surface area contributed by atoms with Gasteiger partial charge in [-0.25, -0.2) is 0 Å². The van der Waals surface area contributed by atoms with Gasteiger partial charge < -0.3 is 19.9 Å². The molecular formula is C15H23NO3. The van der Waals surface area contributed by atoms with Crippen LogP contribution in [-0.4, -0.2) is 31.9 Å². The number of methoxy groups -OCH3 is 2. The number of hydrogen-bond donors (Lipinski definition) is 2. The molecule has 0 saturated heterocycles. The van der Waals surface area contributed by atoms with Crippen molar-refractivity contribution in [3.63, 3.8) is 0 Å². The minimum Gasteiger partial charge on any atom is -0.497 e. The predicted molar refractivity (Wildman–Crippen MR) is 74.8 cm³/mol. The van der Waals surface area contributed by atoms with Crippen LogP contribution in [0.1, 0.15) is 37.4 Å². The van der Waals surface area contributed by atoms with Gasteiger partial charge in [-0.1, -0.05) is 12.8 Å². The molecule has 19 heavy (non-hydrogen) atoms. The molecule has 1 aliphatic carbocycles. The predicted octanol–water partition coefficient (Wildman–Crippen LogP) is 2.27. The number of rotatable bonds is 6. The lowest BCUT2D eigenvalue weighted by Crippen LogP contribution is -2.30. The molecule has 4 nitrogen and oxygen atoms in total. The Kier molecular flexibility index (Phi) is 5.05. The number of benzene rings is 1. The Balaban J connectivity index is 2.01. The first kappa shape index (κ1) is 14.2. The van der Waals surface area contributed by atoms with Gasteiger partial charge >= 0.3 is 0 Å². The lowest BCUT2D eigenvalue weighted by molar-refractivity contribution is 0.165. The fourth-order valence-electron chi connectivity index (χ4n) is 2.62. The van der Waals surface area contributed by atoms with E-state index in [1.54, 1.807) is 14.2 Å². The molecule has 4 heteroatoms. The van der Waals surface area contributed by atoms with Crippen LogP contribution in [0.3, 0.4) is 0 Å². The van der Waals surface area contributed by atoms with Crippen molar-refractivity contribution in [2.24, 2.45) is 0 Å². The van der Waals surface area contributed by atoms with Crippen LogP contribution in [0.5, 0.6) is 11.5 Å². The number of aliphatic hydroxyl groups is 1. The zero-order chi connectivity index (χ0) is 13.7. The van der Waals surface area contributed by atoms with Gasteiger partial charge in [0.15, 0.2) is 0 Å². The largest absolute Gasteiger partial charge is 0.497 e. The highest BCUT2D eigenvalue weighted by molar-refractivity contribution is 5.41. The van der Waals surface area contributed by atoms with E-state index in [0.717, 1.165) is 11.3 Å². The van der Waals surface area contributed by atoms with Crippen molar-refractivity contribution in [3.05, 3.63) is 23.8 Å².